The number of nitrogens with zero attached hydrogens (tertiary/aromatic N) is 2. The zero-order valence-corrected chi connectivity index (χ0v) is 15.5. The molecular formula is C22H24N2O3. The molecule has 1 spiro atoms. The monoisotopic (exact) mass is 364 g/mol. The van der Waals surface area contributed by atoms with Crippen molar-refractivity contribution in [2.45, 2.75) is 30.7 Å². The average molecular weight is 364 g/mol. The van der Waals surface area contributed by atoms with Gasteiger partial charge in [-0.05, 0) is 49.1 Å². The topological polar surface area (TPSA) is 60.9 Å². The van der Waals surface area contributed by atoms with Crippen molar-refractivity contribution in [2.75, 3.05) is 20.1 Å². The van der Waals surface area contributed by atoms with Crippen LogP contribution in [0.1, 0.15) is 41.1 Å². The molecule has 2 heterocycles. The number of aromatic hydroxyl groups is 1. The quantitative estimate of drug-likeness (QED) is 0.891. The molecule has 0 bridgehead atoms. The molecule has 0 aliphatic carbocycles. The molecule has 27 heavy (non-hydrogen) atoms. The van der Waals surface area contributed by atoms with Crippen molar-refractivity contribution < 1.29 is 14.7 Å². The highest BCUT2D eigenvalue weighted by atomic mass is 16.3. The van der Waals surface area contributed by atoms with E-state index in [4.69, 9.17) is 0 Å². The van der Waals surface area contributed by atoms with E-state index in [0.29, 0.717) is 18.7 Å². The van der Waals surface area contributed by atoms with Crippen LogP contribution in [0.2, 0.25) is 0 Å². The summed E-state index contributed by atoms with van der Waals surface area (Å²) in [6, 6.07) is 16.4. The van der Waals surface area contributed by atoms with Crippen molar-refractivity contribution in [1.29, 1.82) is 0 Å². The van der Waals surface area contributed by atoms with E-state index in [1.165, 1.54) is 12.1 Å². The minimum Gasteiger partial charge on any atom is -0.508 e. The first-order chi connectivity index (χ1) is 13.0. The van der Waals surface area contributed by atoms with Crippen LogP contribution in [0.15, 0.2) is 54.6 Å². The van der Waals surface area contributed by atoms with Gasteiger partial charge >= 0.3 is 0 Å². The molecule has 0 unspecified atom stereocenters. The number of carbonyl (C=O) groups excluding carboxylic acids is 2. The van der Waals surface area contributed by atoms with E-state index in [0.717, 1.165) is 24.8 Å². The van der Waals surface area contributed by atoms with Crippen LogP contribution < -0.4 is 0 Å². The van der Waals surface area contributed by atoms with Gasteiger partial charge in [0.25, 0.3) is 5.91 Å². The largest absolute Gasteiger partial charge is 0.508 e. The third kappa shape index (κ3) is 3.07. The van der Waals surface area contributed by atoms with E-state index in [1.54, 1.807) is 12.1 Å². The van der Waals surface area contributed by atoms with Gasteiger partial charge in [-0.1, -0.05) is 30.3 Å². The molecule has 5 nitrogen and oxygen atoms in total. The van der Waals surface area contributed by atoms with E-state index in [9.17, 15) is 14.7 Å². The van der Waals surface area contributed by atoms with Crippen LogP contribution in [0.4, 0.5) is 0 Å². The molecule has 1 atom stereocenters. The zero-order chi connectivity index (χ0) is 19.0. The van der Waals surface area contributed by atoms with E-state index < -0.39 is 0 Å². The standard InChI is InChI=1S/C22H24N2O3/c1-23-21(27)19(16-5-3-2-4-6-16)15-22(23)11-13-24(14-12-22)20(26)17-7-9-18(25)10-8-17/h2-10,19,25H,11-15H2,1H3/t19-/m1/s1. The molecule has 2 aromatic rings. The molecular weight excluding hydrogens is 340 g/mol. The summed E-state index contributed by atoms with van der Waals surface area (Å²) in [7, 11) is 1.91. The summed E-state index contributed by atoms with van der Waals surface area (Å²) in [4.78, 5) is 29.4. The fourth-order valence-corrected chi connectivity index (χ4v) is 4.47. The third-order valence-electron chi connectivity index (χ3n) is 6.22. The van der Waals surface area contributed by atoms with Crippen LogP contribution in [0.5, 0.6) is 5.75 Å². The van der Waals surface area contributed by atoms with Gasteiger partial charge in [0.05, 0.1) is 5.92 Å². The minimum atomic E-state index is -0.163. The van der Waals surface area contributed by atoms with Gasteiger partial charge in [0.1, 0.15) is 5.75 Å². The van der Waals surface area contributed by atoms with Gasteiger partial charge in [-0.2, -0.15) is 0 Å². The summed E-state index contributed by atoms with van der Waals surface area (Å²) >= 11 is 0. The van der Waals surface area contributed by atoms with Crippen molar-refractivity contribution in [3.63, 3.8) is 0 Å². The number of carbonyl (C=O) groups is 2. The van der Waals surface area contributed by atoms with Gasteiger partial charge in [-0.15, -0.1) is 0 Å². The second kappa shape index (κ2) is 6.72. The van der Waals surface area contributed by atoms with Gasteiger partial charge in [-0.25, -0.2) is 0 Å². The van der Waals surface area contributed by atoms with Crippen molar-refractivity contribution in [2.24, 2.45) is 0 Å². The van der Waals surface area contributed by atoms with Crippen molar-refractivity contribution in [3.8, 4) is 5.75 Å². The van der Waals surface area contributed by atoms with Crippen LogP contribution in [0, 0.1) is 0 Å². The maximum absolute atomic E-state index is 12.9. The lowest BCUT2D eigenvalue weighted by atomic mass is 9.81. The molecule has 5 heteroatoms. The van der Waals surface area contributed by atoms with Crippen LogP contribution in [0.25, 0.3) is 0 Å². The number of hydrogen-bond donors (Lipinski definition) is 1. The maximum Gasteiger partial charge on any atom is 0.253 e. The van der Waals surface area contributed by atoms with Crippen molar-refractivity contribution in [1.82, 2.24) is 9.80 Å². The number of piperidine rings is 1. The summed E-state index contributed by atoms with van der Waals surface area (Å²) in [6.07, 6.45) is 2.40. The lowest BCUT2D eigenvalue weighted by molar-refractivity contribution is -0.131. The first-order valence-electron chi connectivity index (χ1n) is 9.41. The molecule has 0 radical (unpaired) electrons. The van der Waals surface area contributed by atoms with E-state index in [-0.39, 0.29) is 29.0 Å². The Morgan fingerprint density at radius 2 is 1.67 bits per heavy atom. The number of amides is 2. The lowest BCUT2D eigenvalue weighted by Crippen LogP contribution is -2.52. The van der Waals surface area contributed by atoms with Crippen molar-refractivity contribution in [3.05, 3.63) is 65.7 Å². The summed E-state index contributed by atoms with van der Waals surface area (Å²) in [5.74, 6) is 0.230. The minimum absolute atomic E-state index is 0.0172. The Balaban J connectivity index is 1.47. The molecule has 2 fully saturated rings. The van der Waals surface area contributed by atoms with Crippen LogP contribution in [0.3, 0.4) is 0 Å². The molecule has 2 amide bonds. The predicted molar refractivity (Wildman–Crippen MR) is 103 cm³/mol. The highest BCUT2D eigenvalue weighted by Gasteiger charge is 2.50. The lowest BCUT2D eigenvalue weighted by Gasteiger charge is -2.43. The predicted octanol–water partition coefficient (Wildman–Crippen LogP) is 3.01. The number of phenolic OH excluding ortho intramolecular Hbond substituents is 1. The fourth-order valence-electron chi connectivity index (χ4n) is 4.47. The smallest absolute Gasteiger partial charge is 0.253 e. The number of benzene rings is 2. The fraction of sp³-hybridized carbons (Fsp3) is 0.364. The second-order valence-corrected chi connectivity index (χ2v) is 7.63. The highest BCUT2D eigenvalue weighted by molar-refractivity contribution is 5.94. The third-order valence-corrected chi connectivity index (χ3v) is 6.22. The number of likely N-dealkylation sites (tertiary alicyclic amines) is 2. The van der Waals surface area contributed by atoms with Crippen molar-refractivity contribution >= 4 is 11.8 Å². The molecule has 2 aliphatic rings. The highest BCUT2D eigenvalue weighted by Crippen LogP contribution is 2.44. The van der Waals surface area contributed by atoms with E-state index in [2.05, 4.69) is 0 Å². The van der Waals surface area contributed by atoms with Gasteiger partial charge in [0.2, 0.25) is 5.91 Å². The zero-order valence-electron chi connectivity index (χ0n) is 15.5. The number of likely N-dealkylation sites (N-methyl/N-ethyl adjacent to an activating group) is 1. The van der Waals surface area contributed by atoms with Crippen LogP contribution >= 0.6 is 0 Å². The molecule has 2 aromatic carbocycles. The summed E-state index contributed by atoms with van der Waals surface area (Å²) in [6.45, 7) is 1.28. The second-order valence-electron chi connectivity index (χ2n) is 7.63. The Labute approximate surface area is 159 Å². The normalized spacial score (nSPS) is 21.7. The Morgan fingerprint density at radius 3 is 2.30 bits per heavy atom. The molecule has 0 saturated carbocycles. The number of rotatable bonds is 2. The molecule has 1 N–H and O–H groups in total. The Kier molecular flexibility index (Phi) is 4.38. The van der Waals surface area contributed by atoms with Gasteiger partial charge < -0.3 is 14.9 Å². The van der Waals surface area contributed by atoms with Crippen LogP contribution in [-0.2, 0) is 4.79 Å². The van der Waals surface area contributed by atoms with Gasteiger partial charge in [0.15, 0.2) is 0 Å². The van der Waals surface area contributed by atoms with Crippen LogP contribution in [-0.4, -0.2) is 52.4 Å². The summed E-state index contributed by atoms with van der Waals surface area (Å²) in [5, 5.41) is 9.40. The molecule has 4 rings (SSSR count). The summed E-state index contributed by atoms with van der Waals surface area (Å²) < 4.78 is 0. The van der Waals surface area contributed by atoms with E-state index in [1.807, 2.05) is 47.2 Å². The molecule has 0 aromatic heterocycles. The first kappa shape index (κ1) is 17.6. The number of hydrogen-bond acceptors (Lipinski definition) is 3. The molecule has 2 saturated heterocycles. The Bertz CT molecular complexity index is 840. The average Bonchev–Trinajstić information content (AvgIpc) is 2.95. The first-order valence-corrected chi connectivity index (χ1v) is 9.41. The Hall–Kier alpha value is -2.82. The van der Waals surface area contributed by atoms with Gasteiger partial charge in [-0.3, -0.25) is 9.59 Å². The van der Waals surface area contributed by atoms with E-state index >= 15 is 0 Å². The molecule has 2 aliphatic heterocycles. The summed E-state index contributed by atoms with van der Waals surface area (Å²) in [5.41, 5.74) is 1.50. The van der Waals surface area contributed by atoms with Gasteiger partial charge in [0, 0.05) is 31.2 Å². The molecule has 140 valence electrons. The SMILES string of the molecule is CN1C(=O)[C@@H](c2ccccc2)CC12CCN(C(=O)c1ccc(O)cc1)CC2. The Morgan fingerprint density at radius 1 is 1.04 bits per heavy atom. The maximum atomic E-state index is 12.9. The number of phenols is 1.